The summed E-state index contributed by atoms with van der Waals surface area (Å²) >= 11 is 0. The maximum Gasteiger partial charge on any atom is 0.264 e. The summed E-state index contributed by atoms with van der Waals surface area (Å²) in [6.45, 7) is 3.43. The Hall–Kier alpha value is -3.46. The molecule has 0 unspecified atom stereocenters. The van der Waals surface area contributed by atoms with Crippen LogP contribution in [0.15, 0.2) is 77.7 Å². The van der Waals surface area contributed by atoms with Gasteiger partial charge in [-0.2, -0.15) is 0 Å². The molecule has 0 atom stereocenters. The first-order valence-corrected chi connectivity index (χ1v) is 12.3. The Morgan fingerprint density at radius 2 is 1.35 bits per heavy atom. The van der Waals surface area contributed by atoms with E-state index in [9.17, 15) is 22.0 Å². The summed E-state index contributed by atoms with van der Waals surface area (Å²) in [4.78, 5) is 16.7. The number of rotatable bonds is 6. The first-order valence-electron chi connectivity index (χ1n) is 10.9. The summed E-state index contributed by atoms with van der Waals surface area (Å²) in [5.74, 6) is -1.18. The van der Waals surface area contributed by atoms with Crippen molar-refractivity contribution in [3.63, 3.8) is 0 Å². The van der Waals surface area contributed by atoms with Gasteiger partial charge in [0.2, 0.25) is 5.91 Å². The van der Waals surface area contributed by atoms with Crippen LogP contribution in [-0.2, 0) is 14.8 Å². The lowest BCUT2D eigenvalue weighted by Crippen LogP contribution is -2.52. The molecule has 0 aliphatic carbocycles. The fourth-order valence-electron chi connectivity index (χ4n) is 3.85. The molecular weight excluding hydrogens is 460 g/mol. The third-order valence-corrected chi connectivity index (χ3v) is 7.61. The van der Waals surface area contributed by atoms with Gasteiger partial charge in [0.1, 0.15) is 18.2 Å². The number of piperazine rings is 1. The van der Waals surface area contributed by atoms with Crippen LogP contribution in [0.1, 0.15) is 5.56 Å². The molecule has 0 aromatic heterocycles. The molecule has 9 heteroatoms. The Morgan fingerprint density at radius 3 is 1.91 bits per heavy atom. The van der Waals surface area contributed by atoms with Gasteiger partial charge in [0.25, 0.3) is 10.0 Å². The van der Waals surface area contributed by atoms with E-state index in [2.05, 4.69) is 4.90 Å². The largest absolute Gasteiger partial charge is 0.368 e. The van der Waals surface area contributed by atoms with Gasteiger partial charge >= 0.3 is 0 Å². The average Bonchev–Trinajstić information content (AvgIpc) is 2.84. The Labute approximate surface area is 198 Å². The van der Waals surface area contributed by atoms with Crippen LogP contribution >= 0.6 is 0 Å². The fourth-order valence-corrected chi connectivity index (χ4v) is 5.26. The predicted molar refractivity (Wildman–Crippen MR) is 127 cm³/mol. The zero-order valence-electron chi connectivity index (χ0n) is 18.7. The molecule has 0 bridgehead atoms. The normalized spacial score (nSPS) is 14.2. The van der Waals surface area contributed by atoms with Gasteiger partial charge in [-0.1, -0.05) is 17.7 Å². The van der Waals surface area contributed by atoms with E-state index in [4.69, 9.17) is 0 Å². The van der Waals surface area contributed by atoms with Crippen molar-refractivity contribution in [1.82, 2.24) is 4.90 Å². The number of sulfonamides is 1. The number of halogens is 2. The number of aryl methyl sites for hydroxylation is 1. The first-order chi connectivity index (χ1) is 16.2. The maximum atomic E-state index is 13.4. The molecule has 3 aromatic rings. The Balaban J connectivity index is 1.52. The Bertz CT molecular complexity index is 1240. The minimum absolute atomic E-state index is 0.0941. The van der Waals surface area contributed by atoms with E-state index in [0.29, 0.717) is 31.9 Å². The van der Waals surface area contributed by atoms with Crippen molar-refractivity contribution >= 4 is 27.3 Å². The molecule has 1 aliphatic heterocycles. The molecule has 0 radical (unpaired) electrons. The van der Waals surface area contributed by atoms with E-state index >= 15 is 0 Å². The van der Waals surface area contributed by atoms with Crippen molar-refractivity contribution in [3.05, 3.63) is 90.0 Å². The SMILES string of the molecule is Cc1ccc(N(CC(=O)N2CCN(c3ccc(F)cc3)CC2)S(=O)(=O)c2ccc(F)cc2)cc1. The van der Waals surface area contributed by atoms with Crippen LogP contribution in [-0.4, -0.2) is 51.9 Å². The molecule has 34 heavy (non-hydrogen) atoms. The minimum Gasteiger partial charge on any atom is -0.368 e. The van der Waals surface area contributed by atoms with Crippen LogP contribution in [0.25, 0.3) is 0 Å². The van der Waals surface area contributed by atoms with Crippen LogP contribution in [0.2, 0.25) is 0 Å². The first kappa shape index (κ1) is 23.7. The summed E-state index contributed by atoms with van der Waals surface area (Å²) in [6, 6.07) is 17.6. The summed E-state index contributed by atoms with van der Waals surface area (Å²) in [5, 5.41) is 0. The van der Waals surface area contributed by atoms with E-state index in [1.54, 1.807) is 41.3 Å². The second kappa shape index (κ2) is 9.80. The molecule has 0 saturated carbocycles. The van der Waals surface area contributed by atoms with Crippen LogP contribution in [0, 0.1) is 18.6 Å². The standard InChI is InChI=1S/C25H25F2N3O3S/c1-19-2-8-23(9-3-19)30(34(32,33)24-12-6-21(27)7-13-24)18-25(31)29-16-14-28(15-17-29)22-10-4-20(26)5-11-22/h2-13H,14-18H2,1H3. The summed E-state index contributed by atoms with van der Waals surface area (Å²) in [6.07, 6.45) is 0. The smallest absolute Gasteiger partial charge is 0.264 e. The summed E-state index contributed by atoms with van der Waals surface area (Å²) in [5.41, 5.74) is 2.17. The molecule has 6 nitrogen and oxygen atoms in total. The average molecular weight is 486 g/mol. The van der Waals surface area contributed by atoms with Crippen molar-refractivity contribution in [2.24, 2.45) is 0 Å². The quantitative estimate of drug-likeness (QED) is 0.533. The topological polar surface area (TPSA) is 60.9 Å². The van der Waals surface area contributed by atoms with Gasteiger partial charge in [0.05, 0.1) is 10.6 Å². The van der Waals surface area contributed by atoms with Crippen molar-refractivity contribution in [1.29, 1.82) is 0 Å². The highest BCUT2D eigenvalue weighted by Gasteiger charge is 2.30. The van der Waals surface area contributed by atoms with Crippen molar-refractivity contribution in [2.75, 3.05) is 41.9 Å². The molecule has 1 heterocycles. The number of carbonyl (C=O) groups excluding carboxylic acids is 1. The van der Waals surface area contributed by atoms with Crippen molar-refractivity contribution in [3.8, 4) is 0 Å². The van der Waals surface area contributed by atoms with Gasteiger partial charge in [0.15, 0.2) is 0 Å². The van der Waals surface area contributed by atoms with E-state index in [1.165, 1.54) is 24.3 Å². The van der Waals surface area contributed by atoms with Gasteiger partial charge in [-0.25, -0.2) is 17.2 Å². The molecule has 1 saturated heterocycles. The third kappa shape index (κ3) is 5.20. The number of amides is 1. The second-order valence-corrected chi connectivity index (χ2v) is 10.0. The van der Waals surface area contributed by atoms with E-state index in [0.717, 1.165) is 27.7 Å². The molecule has 3 aromatic carbocycles. The van der Waals surface area contributed by atoms with E-state index in [-0.39, 0.29) is 23.2 Å². The third-order valence-electron chi connectivity index (χ3n) is 5.83. The highest BCUT2D eigenvalue weighted by Crippen LogP contribution is 2.25. The Kier molecular flexibility index (Phi) is 6.83. The molecular formula is C25H25F2N3O3S. The highest BCUT2D eigenvalue weighted by atomic mass is 32.2. The molecule has 178 valence electrons. The molecule has 0 N–H and O–H groups in total. The summed E-state index contributed by atoms with van der Waals surface area (Å²) in [7, 11) is -4.10. The molecule has 4 rings (SSSR count). The lowest BCUT2D eigenvalue weighted by atomic mass is 10.2. The van der Waals surface area contributed by atoms with Crippen LogP contribution in [0.5, 0.6) is 0 Å². The van der Waals surface area contributed by atoms with Gasteiger partial charge in [0, 0.05) is 31.9 Å². The van der Waals surface area contributed by atoms with Crippen LogP contribution in [0.3, 0.4) is 0 Å². The van der Waals surface area contributed by atoms with Crippen LogP contribution < -0.4 is 9.21 Å². The van der Waals surface area contributed by atoms with Crippen molar-refractivity contribution < 1.29 is 22.0 Å². The lowest BCUT2D eigenvalue weighted by Gasteiger charge is -2.37. The highest BCUT2D eigenvalue weighted by molar-refractivity contribution is 7.92. The molecule has 1 fully saturated rings. The number of anilines is 2. The number of benzene rings is 3. The van der Waals surface area contributed by atoms with E-state index < -0.39 is 15.8 Å². The number of hydrogen-bond donors (Lipinski definition) is 0. The second-order valence-electron chi connectivity index (χ2n) is 8.15. The van der Waals surface area contributed by atoms with Gasteiger partial charge < -0.3 is 9.80 Å². The molecule has 0 spiro atoms. The molecule has 1 amide bonds. The Morgan fingerprint density at radius 1 is 0.824 bits per heavy atom. The number of nitrogens with zero attached hydrogens (tertiary/aromatic N) is 3. The number of carbonyl (C=O) groups is 1. The fraction of sp³-hybridized carbons (Fsp3) is 0.240. The van der Waals surface area contributed by atoms with Gasteiger partial charge in [-0.15, -0.1) is 0 Å². The zero-order chi connectivity index (χ0) is 24.3. The van der Waals surface area contributed by atoms with Gasteiger partial charge in [-0.3, -0.25) is 9.10 Å². The van der Waals surface area contributed by atoms with Crippen molar-refractivity contribution in [2.45, 2.75) is 11.8 Å². The predicted octanol–water partition coefficient (Wildman–Crippen LogP) is 3.82. The van der Waals surface area contributed by atoms with Crippen LogP contribution in [0.4, 0.5) is 20.2 Å². The lowest BCUT2D eigenvalue weighted by molar-refractivity contribution is -0.129. The molecule has 1 aliphatic rings. The monoisotopic (exact) mass is 485 g/mol. The van der Waals surface area contributed by atoms with E-state index in [1.807, 2.05) is 6.92 Å². The minimum atomic E-state index is -4.10. The zero-order valence-corrected chi connectivity index (χ0v) is 19.5. The number of hydrogen-bond acceptors (Lipinski definition) is 4. The maximum absolute atomic E-state index is 13.4. The van der Waals surface area contributed by atoms with Gasteiger partial charge in [-0.05, 0) is 67.6 Å². The summed E-state index contributed by atoms with van der Waals surface area (Å²) < 4.78 is 54.5.